The van der Waals surface area contributed by atoms with Crippen LogP contribution in [-0.4, -0.2) is 32.9 Å². The highest BCUT2D eigenvalue weighted by Gasteiger charge is 2.28. The van der Waals surface area contributed by atoms with Gasteiger partial charge >= 0.3 is 5.97 Å². The molecule has 0 aliphatic heterocycles. The number of rotatable bonds is 5. The van der Waals surface area contributed by atoms with Crippen molar-refractivity contribution in [2.45, 2.75) is 31.5 Å². The number of hydrogen-bond donors (Lipinski definition) is 2. The van der Waals surface area contributed by atoms with Crippen molar-refractivity contribution in [2.24, 2.45) is 0 Å². The smallest absolute Gasteiger partial charge is 0.322 e. The first kappa shape index (κ1) is 10.6. The van der Waals surface area contributed by atoms with E-state index in [-0.39, 0.29) is 0 Å². The molecule has 0 aromatic carbocycles. The lowest BCUT2D eigenvalue weighted by Gasteiger charge is -2.13. The van der Waals surface area contributed by atoms with Crippen LogP contribution in [0.15, 0.2) is 16.9 Å². The van der Waals surface area contributed by atoms with Crippen molar-refractivity contribution in [1.29, 1.82) is 0 Å². The highest BCUT2D eigenvalue weighted by Crippen LogP contribution is 2.19. The van der Waals surface area contributed by atoms with Crippen LogP contribution in [0, 0.1) is 0 Å². The van der Waals surface area contributed by atoms with Crippen molar-refractivity contribution >= 4 is 21.9 Å². The highest BCUT2D eigenvalue weighted by molar-refractivity contribution is 9.10. The fraction of sp³-hybridized carbons (Fsp3) is 0.556. The quantitative estimate of drug-likeness (QED) is 0.835. The van der Waals surface area contributed by atoms with Crippen LogP contribution in [0.25, 0.3) is 0 Å². The minimum absolute atomic E-state index is 0.359. The zero-order valence-electron chi connectivity index (χ0n) is 8.06. The number of nitrogens with zero attached hydrogens (tertiary/aromatic N) is 2. The lowest BCUT2D eigenvalue weighted by molar-refractivity contribution is -0.140. The zero-order chi connectivity index (χ0) is 10.8. The maximum Gasteiger partial charge on any atom is 0.322 e. The molecule has 82 valence electrons. The average molecular weight is 274 g/mol. The van der Waals surface area contributed by atoms with Gasteiger partial charge in [-0.2, -0.15) is 5.10 Å². The summed E-state index contributed by atoms with van der Waals surface area (Å²) in [4.78, 5) is 11.0. The van der Waals surface area contributed by atoms with Crippen molar-refractivity contribution in [1.82, 2.24) is 15.1 Å². The summed E-state index contributed by atoms with van der Waals surface area (Å²) in [5, 5.41) is 16.1. The van der Waals surface area contributed by atoms with E-state index in [9.17, 15) is 4.79 Å². The van der Waals surface area contributed by atoms with Crippen molar-refractivity contribution in [3.8, 4) is 0 Å². The Labute approximate surface area is 95.6 Å². The molecule has 1 aromatic rings. The molecule has 1 aliphatic rings. The third-order valence-electron chi connectivity index (χ3n) is 2.28. The molecule has 0 saturated heterocycles. The number of carboxylic acid groups (broad SMARTS) is 1. The molecule has 1 unspecified atom stereocenters. The fourth-order valence-corrected chi connectivity index (χ4v) is 1.69. The van der Waals surface area contributed by atoms with E-state index in [1.807, 2.05) is 0 Å². The predicted molar refractivity (Wildman–Crippen MR) is 57.5 cm³/mol. The summed E-state index contributed by atoms with van der Waals surface area (Å²) < 4.78 is 2.48. The molecule has 1 atom stereocenters. The Morgan fingerprint density at radius 2 is 2.53 bits per heavy atom. The second-order valence-electron chi connectivity index (χ2n) is 3.71. The highest BCUT2D eigenvalue weighted by atomic mass is 79.9. The summed E-state index contributed by atoms with van der Waals surface area (Å²) in [5.41, 5.74) is 0. The molecule has 2 N–H and O–H groups in total. The molecule has 5 nitrogen and oxygen atoms in total. The first-order valence-corrected chi connectivity index (χ1v) is 5.61. The summed E-state index contributed by atoms with van der Waals surface area (Å²) in [7, 11) is 0. The molecule has 2 rings (SSSR count). The molecule has 0 radical (unpaired) electrons. The van der Waals surface area contributed by atoms with Crippen LogP contribution in [-0.2, 0) is 11.3 Å². The number of halogens is 1. The Morgan fingerprint density at radius 3 is 3.00 bits per heavy atom. The average Bonchev–Trinajstić information content (AvgIpc) is 2.89. The molecule has 1 aromatic heterocycles. The Morgan fingerprint density at radius 1 is 1.80 bits per heavy atom. The number of nitrogens with one attached hydrogen (secondary N) is 1. The topological polar surface area (TPSA) is 67.1 Å². The minimum atomic E-state index is -0.825. The monoisotopic (exact) mass is 273 g/mol. The first-order chi connectivity index (χ1) is 7.15. The van der Waals surface area contributed by atoms with Crippen LogP contribution in [0.2, 0.25) is 0 Å². The maximum atomic E-state index is 11.0. The van der Waals surface area contributed by atoms with Crippen LogP contribution >= 0.6 is 15.9 Å². The summed E-state index contributed by atoms with van der Waals surface area (Å²) in [6.07, 6.45) is 5.57. The van der Waals surface area contributed by atoms with Gasteiger partial charge in [-0.15, -0.1) is 0 Å². The normalized spacial score (nSPS) is 17.7. The van der Waals surface area contributed by atoms with Gasteiger partial charge in [-0.1, -0.05) is 0 Å². The molecule has 0 spiro atoms. The Bertz CT molecular complexity index is 362. The van der Waals surface area contributed by atoms with Gasteiger partial charge in [0.1, 0.15) is 6.04 Å². The molecule has 0 bridgehead atoms. The van der Waals surface area contributed by atoms with Gasteiger partial charge in [-0.3, -0.25) is 9.48 Å². The van der Waals surface area contributed by atoms with Crippen molar-refractivity contribution < 1.29 is 9.90 Å². The largest absolute Gasteiger partial charge is 0.480 e. The third kappa shape index (κ3) is 3.04. The van der Waals surface area contributed by atoms with E-state index in [0.717, 1.165) is 17.3 Å². The van der Waals surface area contributed by atoms with Crippen LogP contribution in [0.4, 0.5) is 0 Å². The van der Waals surface area contributed by atoms with Gasteiger partial charge in [-0.25, -0.2) is 0 Å². The van der Waals surface area contributed by atoms with Crippen LogP contribution in [0.5, 0.6) is 0 Å². The van der Waals surface area contributed by atoms with E-state index in [2.05, 4.69) is 26.3 Å². The second-order valence-corrected chi connectivity index (χ2v) is 4.63. The van der Waals surface area contributed by atoms with E-state index in [4.69, 9.17) is 5.11 Å². The van der Waals surface area contributed by atoms with Gasteiger partial charge < -0.3 is 10.4 Å². The first-order valence-electron chi connectivity index (χ1n) is 4.82. The number of aliphatic carboxylic acids is 1. The van der Waals surface area contributed by atoms with E-state index in [1.165, 1.54) is 0 Å². The molecule has 6 heteroatoms. The van der Waals surface area contributed by atoms with Gasteiger partial charge in [0.05, 0.1) is 17.2 Å². The number of carboxylic acids is 1. The van der Waals surface area contributed by atoms with Crippen LogP contribution < -0.4 is 5.32 Å². The standard InChI is InChI=1S/C9H12BrN3O2/c10-6-3-11-13(4-6)5-8(9(14)15)12-7-1-2-7/h3-4,7-8,12H,1-2,5H2,(H,14,15). The fourth-order valence-electron chi connectivity index (χ4n) is 1.36. The molecule has 15 heavy (non-hydrogen) atoms. The Kier molecular flexibility index (Phi) is 3.06. The summed E-state index contributed by atoms with van der Waals surface area (Å²) in [5.74, 6) is -0.825. The van der Waals surface area contributed by atoms with Gasteiger partial charge in [-0.05, 0) is 28.8 Å². The van der Waals surface area contributed by atoms with Crippen LogP contribution in [0.1, 0.15) is 12.8 Å². The zero-order valence-corrected chi connectivity index (χ0v) is 9.64. The van der Waals surface area contributed by atoms with E-state index in [0.29, 0.717) is 12.6 Å². The SMILES string of the molecule is O=C(O)C(Cn1cc(Br)cn1)NC1CC1. The van der Waals surface area contributed by atoms with Gasteiger partial charge in [0, 0.05) is 12.2 Å². The maximum absolute atomic E-state index is 11.0. The Balaban J connectivity index is 1.95. The molecule has 0 amide bonds. The van der Waals surface area contributed by atoms with Crippen molar-refractivity contribution in [2.75, 3.05) is 0 Å². The minimum Gasteiger partial charge on any atom is -0.480 e. The van der Waals surface area contributed by atoms with E-state index >= 15 is 0 Å². The summed E-state index contributed by atoms with van der Waals surface area (Å²) in [6.45, 7) is 0.359. The molecule has 1 saturated carbocycles. The second kappa shape index (κ2) is 4.32. The third-order valence-corrected chi connectivity index (χ3v) is 2.69. The van der Waals surface area contributed by atoms with Crippen molar-refractivity contribution in [3.05, 3.63) is 16.9 Å². The number of hydrogen-bond acceptors (Lipinski definition) is 3. The molecule has 1 heterocycles. The molecule has 1 fully saturated rings. The molecular weight excluding hydrogens is 262 g/mol. The number of carbonyl (C=O) groups is 1. The predicted octanol–water partition coefficient (Wildman–Crippen LogP) is 0.851. The molecular formula is C9H12BrN3O2. The summed E-state index contributed by atoms with van der Waals surface area (Å²) >= 11 is 3.27. The van der Waals surface area contributed by atoms with Gasteiger partial charge in [0.25, 0.3) is 0 Å². The van der Waals surface area contributed by atoms with Crippen LogP contribution in [0.3, 0.4) is 0 Å². The Hall–Kier alpha value is -0.880. The summed E-state index contributed by atoms with van der Waals surface area (Å²) in [6, 6.07) is -0.172. The molecule has 1 aliphatic carbocycles. The van der Waals surface area contributed by atoms with E-state index in [1.54, 1.807) is 17.1 Å². The van der Waals surface area contributed by atoms with Gasteiger partial charge in [0.15, 0.2) is 0 Å². The van der Waals surface area contributed by atoms with Gasteiger partial charge in [0.2, 0.25) is 0 Å². The lowest BCUT2D eigenvalue weighted by atomic mass is 10.3. The lowest BCUT2D eigenvalue weighted by Crippen LogP contribution is -2.41. The number of aromatic nitrogens is 2. The van der Waals surface area contributed by atoms with Crippen molar-refractivity contribution in [3.63, 3.8) is 0 Å². The van der Waals surface area contributed by atoms with E-state index < -0.39 is 12.0 Å².